The average Bonchev–Trinajstić information content (AvgIpc) is 3.45. The monoisotopic (exact) mass is 557 g/mol. The van der Waals surface area contributed by atoms with Crippen LogP contribution in [0.2, 0.25) is 0 Å². The molecule has 1 aromatic rings. The maximum atomic E-state index is 12.7. The van der Waals surface area contributed by atoms with E-state index in [0.717, 1.165) is 64.2 Å². The van der Waals surface area contributed by atoms with E-state index in [1.165, 1.54) is 25.7 Å². The van der Waals surface area contributed by atoms with Gasteiger partial charge in [-0.2, -0.15) is 4.98 Å². The number of allylic oxidation sites excluding steroid dienone is 2. The Balaban J connectivity index is 1.44. The molecule has 1 saturated heterocycles. The molecule has 0 unspecified atom stereocenters. The van der Waals surface area contributed by atoms with Gasteiger partial charge in [-0.3, -0.25) is 19.6 Å². The molecule has 1 N–H and O–H groups in total. The lowest BCUT2D eigenvalue weighted by molar-refractivity contribution is -0.160. The van der Waals surface area contributed by atoms with E-state index in [1.807, 2.05) is 12.2 Å². The van der Waals surface area contributed by atoms with Crippen LogP contribution in [-0.2, 0) is 23.8 Å². The fourth-order valence-electron chi connectivity index (χ4n) is 5.14. The molecule has 0 saturated carbocycles. The van der Waals surface area contributed by atoms with Crippen LogP contribution in [0.4, 0.5) is 0 Å². The maximum Gasteiger partial charge on any atom is 0.306 e. The van der Waals surface area contributed by atoms with Crippen molar-refractivity contribution in [3.63, 3.8) is 0 Å². The van der Waals surface area contributed by atoms with Gasteiger partial charge in [0.1, 0.15) is 12.7 Å². The molecule has 0 aliphatic carbocycles. The molecule has 222 valence electrons. The van der Waals surface area contributed by atoms with E-state index in [9.17, 15) is 9.59 Å². The summed E-state index contributed by atoms with van der Waals surface area (Å²) in [5.74, 6) is -0.594. The molecule has 4 atom stereocenters. The molecule has 0 aromatic carbocycles. The van der Waals surface area contributed by atoms with Crippen LogP contribution in [0.3, 0.4) is 0 Å². The highest BCUT2D eigenvalue weighted by atomic mass is 16.7. The summed E-state index contributed by atoms with van der Waals surface area (Å²) in [4.78, 5) is 29.3. The van der Waals surface area contributed by atoms with Crippen LogP contribution in [0.1, 0.15) is 109 Å². The van der Waals surface area contributed by atoms with Gasteiger partial charge in [-0.25, -0.2) is 0 Å². The molecule has 9 heteroatoms. The van der Waals surface area contributed by atoms with Crippen molar-refractivity contribution in [2.24, 2.45) is 0 Å². The number of hydrogen-bond acceptors (Lipinski definition) is 8. The number of fused-ring (bicyclic) bond motifs is 3. The molecule has 1 fully saturated rings. The molecule has 0 radical (unpaired) electrons. The number of carbonyl (C=O) groups is 2. The lowest BCUT2D eigenvalue weighted by Crippen LogP contribution is -2.40. The Bertz CT molecular complexity index is 1010. The van der Waals surface area contributed by atoms with Gasteiger partial charge in [0.25, 0.3) is 0 Å². The third-order valence-electron chi connectivity index (χ3n) is 7.39. The van der Waals surface area contributed by atoms with E-state index in [-0.39, 0.29) is 30.0 Å². The van der Waals surface area contributed by atoms with Crippen molar-refractivity contribution < 1.29 is 28.5 Å². The van der Waals surface area contributed by atoms with Gasteiger partial charge >= 0.3 is 17.9 Å². The van der Waals surface area contributed by atoms with Crippen LogP contribution in [0.15, 0.2) is 37.6 Å². The minimum absolute atomic E-state index is 0.0146. The predicted octanol–water partition coefficient (Wildman–Crippen LogP) is 6.09. The molecule has 2 aliphatic rings. The summed E-state index contributed by atoms with van der Waals surface area (Å²) < 4.78 is 25.2. The summed E-state index contributed by atoms with van der Waals surface area (Å²) in [7, 11) is 0. The second-order valence-electron chi connectivity index (χ2n) is 10.7. The average molecular weight is 558 g/mol. The van der Waals surface area contributed by atoms with Gasteiger partial charge in [0.05, 0.1) is 0 Å². The maximum absolute atomic E-state index is 12.7. The molecule has 1 aromatic heterocycles. The zero-order valence-electron chi connectivity index (χ0n) is 23.9. The van der Waals surface area contributed by atoms with E-state index in [4.69, 9.17) is 24.4 Å². The fraction of sp³-hybridized carbons (Fsp3) is 0.677. The summed E-state index contributed by atoms with van der Waals surface area (Å²) in [6, 6.07) is 1.80. The molecule has 40 heavy (non-hydrogen) atoms. The summed E-state index contributed by atoms with van der Waals surface area (Å²) in [5, 5.41) is 7.77. The zero-order valence-corrected chi connectivity index (χ0v) is 23.9. The highest BCUT2D eigenvalue weighted by Crippen LogP contribution is 2.40. The van der Waals surface area contributed by atoms with E-state index in [2.05, 4.69) is 18.1 Å². The van der Waals surface area contributed by atoms with Crippen LogP contribution in [-0.4, -0.2) is 46.4 Å². The van der Waals surface area contributed by atoms with Gasteiger partial charge in [-0.15, -0.1) is 13.2 Å². The Labute approximate surface area is 238 Å². The number of aromatic nitrogens is 2. The SMILES string of the molecule is C=CCCCCCCCCC(=O)OC[C@H]1O[C@@H]2[C@@H](Oc3nc(=N)ccn32)[C@@H]1OC(=O)CCCCCCCCC=C. The zero-order chi connectivity index (χ0) is 28.6. The minimum Gasteiger partial charge on any atom is -0.463 e. The van der Waals surface area contributed by atoms with Crippen molar-refractivity contribution in [3.8, 4) is 6.01 Å². The Morgan fingerprint density at radius 2 is 1.48 bits per heavy atom. The van der Waals surface area contributed by atoms with Gasteiger partial charge in [-0.1, -0.05) is 63.5 Å². The van der Waals surface area contributed by atoms with E-state index in [1.54, 1.807) is 16.8 Å². The van der Waals surface area contributed by atoms with Gasteiger partial charge in [-0.05, 0) is 44.6 Å². The van der Waals surface area contributed by atoms with Crippen molar-refractivity contribution in [1.82, 2.24) is 9.55 Å². The van der Waals surface area contributed by atoms with Gasteiger partial charge in [0.2, 0.25) is 0 Å². The standard InChI is InChI=1S/C31H47N3O6/c1-3-5-7-9-11-13-15-17-19-26(35)37-23-24-28(39-27(36)20-18-16-14-12-10-8-6-4-2)29-30(38-24)34-22-21-25(32)33-31(34)40-29/h3-4,21-22,24,28-30,32H,1-2,5-20,23H2/t24-,28-,29+,30-/m1/s1. The fourth-order valence-corrected chi connectivity index (χ4v) is 5.14. The normalized spacial score (nSPS) is 20.8. The third-order valence-corrected chi connectivity index (χ3v) is 7.39. The molecule has 0 amide bonds. The van der Waals surface area contributed by atoms with Crippen LogP contribution >= 0.6 is 0 Å². The van der Waals surface area contributed by atoms with Gasteiger partial charge in [0, 0.05) is 19.0 Å². The molecule has 3 rings (SSSR count). The Kier molecular flexibility index (Phi) is 14.0. The highest BCUT2D eigenvalue weighted by Gasteiger charge is 2.54. The molecule has 3 heterocycles. The summed E-state index contributed by atoms with van der Waals surface area (Å²) in [6.07, 6.45) is 18.5. The van der Waals surface area contributed by atoms with E-state index < -0.39 is 24.5 Å². The first-order valence-corrected chi connectivity index (χ1v) is 15.1. The predicted molar refractivity (Wildman–Crippen MR) is 152 cm³/mol. The second kappa shape index (κ2) is 17.7. The molecule has 9 nitrogen and oxygen atoms in total. The second-order valence-corrected chi connectivity index (χ2v) is 10.7. The number of nitrogens with zero attached hydrogens (tertiary/aromatic N) is 2. The van der Waals surface area contributed by atoms with Crippen LogP contribution in [0.5, 0.6) is 6.01 Å². The van der Waals surface area contributed by atoms with Crippen molar-refractivity contribution in [1.29, 1.82) is 5.41 Å². The first-order chi connectivity index (χ1) is 19.5. The Morgan fingerprint density at radius 3 is 2.10 bits per heavy atom. The topological polar surface area (TPSA) is 113 Å². The summed E-state index contributed by atoms with van der Waals surface area (Å²) in [6.45, 7) is 7.48. The number of rotatable bonds is 21. The lowest BCUT2D eigenvalue weighted by Gasteiger charge is -2.22. The highest BCUT2D eigenvalue weighted by molar-refractivity contribution is 5.70. The number of carbonyl (C=O) groups excluding carboxylic acids is 2. The smallest absolute Gasteiger partial charge is 0.306 e. The van der Waals surface area contributed by atoms with Crippen molar-refractivity contribution >= 4 is 11.9 Å². The van der Waals surface area contributed by atoms with E-state index >= 15 is 0 Å². The number of ether oxygens (including phenoxy) is 4. The number of nitrogens with one attached hydrogen (secondary N) is 1. The largest absolute Gasteiger partial charge is 0.463 e. The van der Waals surface area contributed by atoms with Crippen LogP contribution in [0.25, 0.3) is 0 Å². The molecule has 2 aliphatic heterocycles. The molecular weight excluding hydrogens is 510 g/mol. The Morgan fingerprint density at radius 1 is 0.900 bits per heavy atom. The molecule has 0 bridgehead atoms. The van der Waals surface area contributed by atoms with E-state index in [0.29, 0.717) is 12.8 Å². The molecule has 0 spiro atoms. The van der Waals surface area contributed by atoms with Crippen molar-refractivity contribution in [2.45, 2.75) is 127 Å². The molecular formula is C31H47N3O6. The van der Waals surface area contributed by atoms with Gasteiger partial charge < -0.3 is 18.9 Å². The van der Waals surface area contributed by atoms with Crippen LogP contribution < -0.4 is 10.2 Å². The quantitative estimate of drug-likeness (QED) is 0.111. The van der Waals surface area contributed by atoms with Crippen molar-refractivity contribution in [3.05, 3.63) is 43.1 Å². The number of hydrogen-bond donors (Lipinski definition) is 1. The Hall–Kier alpha value is -2.94. The first-order valence-electron chi connectivity index (χ1n) is 15.1. The summed E-state index contributed by atoms with van der Waals surface area (Å²) >= 11 is 0. The third kappa shape index (κ3) is 10.2. The van der Waals surface area contributed by atoms with Crippen LogP contribution in [0, 0.1) is 5.41 Å². The van der Waals surface area contributed by atoms with Gasteiger partial charge in [0.15, 0.2) is 23.9 Å². The summed E-state index contributed by atoms with van der Waals surface area (Å²) in [5.41, 5.74) is 0.0755. The number of esters is 2. The lowest BCUT2D eigenvalue weighted by atomic mass is 10.1. The first kappa shape index (κ1) is 31.6. The minimum atomic E-state index is -0.740. The van der Waals surface area contributed by atoms with Crippen molar-refractivity contribution in [2.75, 3.05) is 6.61 Å². The number of unbranched alkanes of at least 4 members (excludes halogenated alkanes) is 12.